The Hall–Kier alpha value is -4.78. The minimum absolute atomic E-state index is 0.603. The van der Waals surface area contributed by atoms with Crippen molar-refractivity contribution in [2.75, 3.05) is 23.0 Å². The quantitative estimate of drug-likeness (QED) is 0.0909. The molecule has 6 aromatic rings. The number of nitrogens with zero attached hydrogens (tertiary/aromatic N) is 2. The van der Waals surface area contributed by atoms with Crippen LogP contribution in [0.1, 0.15) is 79.1 Å². The highest BCUT2D eigenvalue weighted by Crippen LogP contribution is 2.54. The molecule has 0 fully saturated rings. The van der Waals surface area contributed by atoms with Crippen LogP contribution in [-0.2, 0) is 0 Å². The molecule has 0 bridgehead atoms. The van der Waals surface area contributed by atoms with Gasteiger partial charge in [0.05, 0.1) is 36.0 Å². The van der Waals surface area contributed by atoms with E-state index >= 15 is 0 Å². The molecule has 0 amide bonds. The van der Waals surface area contributed by atoms with Crippen molar-refractivity contribution >= 4 is 57.6 Å². The Morgan fingerprint density at radius 2 is 0.845 bits per heavy atom. The second-order valence-corrected chi connectivity index (χ2v) is 17.8. The number of hydrogen-bond acceptors (Lipinski definition) is 6. The van der Waals surface area contributed by atoms with Gasteiger partial charge in [-0.15, -0.1) is 0 Å². The van der Waals surface area contributed by atoms with Gasteiger partial charge in [-0.3, -0.25) is 0 Å². The van der Waals surface area contributed by atoms with Crippen molar-refractivity contribution in [3.05, 3.63) is 133 Å². The fourth-order valence-corrected chi connectivity index (χ4v) is 10.2. The van der Waals surface area contributed by atoms with Crippen LogP contribution in [0.5, 0.6) is 11.5 Å². The lowest BCUT2D eigenvalue weighted by Gasteiger charge is -2.34. The second-order valence-electron chi connectivity index (χ2n) is 15.6. The SMILES string of the molecule is CCCCC(CC)COc1ccc(N2c3ccccc3Sc3cc(-c4ccc5c(c4)Sc4ccccc4N5c4ccc(OCC(CC)CCCC)cc4)ccc32)cc1. The van der Waals surface area contributed by atoms with Gasteiger partial charge in [-0.05, 0) is 133 Å². The van der Waals surface area contributed by atoms with E-state index in [2.05, 4.69) is 171 Å². The Bertz CT molecular complexity index is 2130. The highest BCUT2D eigenvalue weighted by atomic mass is 32.2. The highest BCUT2D eigenvalue weighted by Gasteiger charge is 2.28. The number of hydrogen-bond donors (Lipinski definition) is 0. The molecule has 4 nitrogen and oxygen atoms in total. The average molecular weight is 805 g/mol. The maximum absolute atomic E-state index is 6.29. The Balaban J connectivity index is 1.05. The lowest BCUT2D eigenvalue weighted by molar-refractivity contribution is 0.233. The zero-order valence-electron chi connectivity index (χ0n) is 34.5. The van der Waals surface area contributed by atoms with E-state index in [1.54, 1.807) is 0 Å². The molecule has 0 radical (unpaired) electrons. The van der Waals surface area contributed by atoms with E-state index in [1.165, 1.54) is 92.0 Å². The van der Waals surface area contributed by atoms with Crippen LogP contribution in [0.3, 0.4) is 0 Å². The number of rotatable bonds is 17. The lowest BCUT2D eigenvalue weighted by Crippen LogP contribution is -2.15. The third kappa shape index (κ3) is 8.79. The summed E-state index contributed by atoms with van der Waals surface area (Å²) in [5.41, 5.74) is 9.47. The van der Waals surface area contributed by atoms with Crippen molar-refractivity contribution in [1.29, 1.82) is 0 Å². The predicted molar refractivity (Wildman–Crippen MR) is 247 cm³/mol. The maximum atomic E-state index is 6.29. The molecule has 2 aliphatic heterocycles. The van der Waals surface area contributed by atoms with Crippen LogP contribution in [0, 0.1) is 11.8 Å². The summed E-state index contributed by atoms with van der Waals surface area (Å²) in [4.78, 5) is 9.78. The van der Waals surface area contributed by atoms with Gasteiger partial charge in [0.25, 0.3) is 0 Å². The first-order valence-corrected chi connectivity index (χ1v) is 23.1. The van der Waals surface area contributed by atoms with Crippen LogP contribution >= 0.6 is 23.5 Å². The largest absolute Gasteiger partial charge is 0.493 e. The Labute approximate surface area is 355 Å². The Morgan fingerprint density at radius 3 is 1.24 bits per heavy atom. The van der Waals surface area contributed by atoms with Crippen molar-refractivity contribution in [2.24, 2.45) is 11.8 Å². The summed E-state index contributed by atoms with van der Waals surface area (Å²) in [5.74, 6) is 3.08. The summed E-state index contributed by atoms with van der Waals surface area (Å²) in [6.07, 6.45) is 9.75. The van der Waals surface area contributed by atoms with Gasteiger partial charge >= 0.3 is 0 Å². The Kier molecular flexibility index (Phi) is 13.0. The van der Waals surface area contributed by atoms with Crippen LogP contribution in [-0.4, -0.2) is 13.2 Å². The van der Waals surface area contributed by atoms with Crippen molar-refractivity contribution in [3.8, 4) is 22.6 Å². The van der Waals surface area contributed by atoms with Crippen LogP contribution in [0.15, 0.2) is 153 Å². The molecule has 2 heterocycles. The summed E-state index contributed by atoms with van der Waals surface area (Å²) in [5, 5.41) is 0. The van der Waals surface area contributed by atoms with Gasteiger partial charge in [-0.2, -0.15) is 0 Å². The van der Waals surface area contributed by atoms with Crippen LogP contribution in [0.25, 0.3) is 11.1 Å². The fraction of sp³-hybridized carbons (Fsp3) is 0.308. The highest BCUT2D eigenvalue weighted by molar-refractivity contribution is 8.00. The summed E-state index contributed by atoms with van der Waals surface area (Å²) in [6, 6.07) is 48.7. The summed E-state index contributed by atoms with van der Waals surface area (Å²) >= 11 is 3.70. The summed E-state index contributed by atoms with van der Waals surface area (Å²) < 4.78 is 12.6. The topological polar surface area (TPSA) is 24.9 Å². The molecule has 2 atom stereocenters. The zero-order chi connectivity index (χ0) is 39.8. The van der Waals surface area contributed by atoms with E-state index in [0.717, 1.165) is 48.9 Å². The molecular formula is C52H56N2O2S2. The second kappa shape index (κ2) is 18.9. The van der Waals surface area contributed by atoms with E-state index < -0.39 is 0 Å². The fourth-order valence-electron chi connectivity index (χ4n) is 8.04. The average Bonchev–Trinajstić information content (AvgIpc) is 3.27. The monoisotopic (exact) mass is 804 g/mol. The van der Waals surface area contributed by atoms with E-state index in [1.807, 2.05) is 23.5 Å². The first-order valence-electron chi connectivity index (χ1n) is 21.4. The van der Waals surface area contributed by atoms with Gasteiger partial charge in [-0.1, -0.05) is 126 Å². The molecule has 58 heavy (non-hydrogen) atoms. The Morgan fingerprint density at radius 1 is 0.448 bits per heavy atom. The predicted octanol–water partition coefficient (Wildman–Crippen LogP) is 16.4. The van der Waals surface area contributed by atoms with E-state index in [-0.39, 0.29) is 0 Å². The number of anilines is 6. The third-order valence-corrected chi connectivity index (χ3v) is 13.9. The first kappa shape index (κ1) is 40.0. The molecule has 0 N–H and O–H groups in total. The lowest BCUT2D eigenvalue weighted by atomic mass is 10.0. The van der Waals surface area contributed by atoms with Crippen molar-refractivity contribution in [1.82, 2.24) is 0 Å². The number of para-hydroxylation sites is 2. The van der Waals surface area contributed by atoms with Crippen molar-refractivity contribution in [3.63, 3.8) is 0 Å². The summed E-state index contributed by atoms with van der Waals surface area (Å²) in [7, 11) is 0. The van der Waals surface area contributed by atoms with E-state index in [0.29, 0.717) is 11.8 Å². The number of unbranched alkanes of at least 4 members (excludes halogenated alkanes) is 2. The molecular weight excluding hydrogens is 749 g/mol. The molecule has 0 aromatic heterocycles. The van der Waals surface area contributed by atoms with Crippen LogP contribution in [0.2, 0.25) is 0 Å². The molecule has 0 aliphatic carbocycles. The van der Waals surface area contributed by atoms with E-state index in [9.17, 15) is 0 Å². The standard InChI is InChI=1S/C52H56N2O2S2/c1-5-9-15-37(7-3)35-55-43-27-23-41(24-28-43)53-45-17-11-13-19-49(45)57-51-33-39(21-31-47(51)53)40-22-32-48-52(34-40)58-50-20-14-12-18-46(50)54(48)42-25-29-44(30-26-42)56-36-38(8-4)16-10-6-2/h11-14,17-34,37-38H,5-10,15-16,35-36H2,1-4H3. The molecule has 0 saturated carbocycles. The minimum atomic E-state index is 0.603. The molecule has 8 rings (SSSR count). The van der Waals surface area contributed by atoms with Crippen LogP contribution < -0.4 is 19.3 Å². The summed E-state index contributed by atoms with van der Waals surface area (Å²) in [6.45, 7) is 10.6. The molecule has 298 valence electrons. The van der Waals surface area contributed by atoms with Crippen molar-refractivity contribution in [2.45, 2.75) is 98.6 Å². The van der Waals surface area contributed by atoms with Gasteiger partial charge < -0.3 is 19.3 Å². The molecule has 2 aliphatic rings. The normalized spacial score (nSPS) is 13.9. The van der Waals surface area contributed by atoms with Gasteiger partial charge in [0.2, 0.25) is 0 Å². The smallest absolute Gasteiger partial charge is 0.119 e. The van der Waals surface area contributed by atoms with E-state index in [4.69, 9.17) is 9.47 Å². The molecule has 6 aromatic carbocycles. The molecule has 0 spiro atoms. The van der Waals surface area contributed by atoms with Crippen molar-refractivity contribution < 1.29 is 9.47 Å². The molecule has 2 unspecified atom stereocenters. The van der Waals surface area contributed by atoms with Gasteiger partial charge in [-0.25, -0.2) is 0 Å². The number of ether oxygens (including phenoxy) is 2. The maximum Gasteiger partial charge on any atom is 0.119 e. The van der Waals surface area contributed by atoms with Gasteiger partial charge in [0.1, 0.15) is 11.5 Å². The molecule has 6 heteroatoms. The van der Waals surface area contributed by atoms with Gasteiger partial charge in [0.15, 0.2) is 0 Å². The first-order chi connectivity index (χ1) is 28.6. The van der Waals surface area contributed by atoms with Crippen LogP contribution in [0.4, 0.5) is 34.1 Å². The number of benzene rings is 6. The third-order valence-electron chi connectivity index (χ3n) is 11.6. The molecule has 0 saturated heterocycles. The zero-order valence-corrected chi connectivity index (χ0v) is 36.1. The minimum Gasteiger partial charge on any atom is -0.493 e. The number of fused-ring (bicyclic) bond motifs is 4. The van der Waals surface area contributed by atoms with Gasteiger partial charge in [0, 0.05) is 31.0 Å².